The second kappa shape index (κ2) is 4.35. The fourth-order valence-electron chi connectivity index (χ4n) is 2.47. The van der Waals surface area contributed by atoms with E-state index in [1.54, 1.807) is 0 Å². The van der Waals surface area contributed by atoms with Crippen LogP contribution in [0.1, 0.15) is 39.2 Å². The number of fused-ring (bicyclic) bond motifs is 1. The highest BCUT2D eigenvalue weighted by Crippen LogP contribution is 2.39. The maximum absolute atomic E-state index is 6.34. The third-order valence-corrected chi connectivity index (χ3v) is 4.53. The Kier molecular flexibility index (Phi) is 2.97. The van der Waals surface area contributed by atoms with Gasteiger partial charge in [0, 0.05) is 11.7 Å². The molecule has 2 heterocycles. The van der Waals surface area contributed by atoms with E-state index in [1.165, 1.54) is 0 Å². The van der Waals surface area contributed by atoms with Crippen LogP contribution in [0.2, 0.25) is 0 Å². The number of rotatable bonds is 2. The van der Waals surface area contributed by atoms with Crippen LogP contribution in [-0.2, 0) is 9.31 Å². The zero-order chi connectivity index (χ0) is 14.5. The van der Waals surface area contributed by atoms with Crippen LogP contribution < -0.4 is 5.73 Å². The minimum absolute atomic E-state index is 0.296. The molecule has 20 heavy (non-hydrogen) atoms. The second-order valence-corrected chi connectivity index (χ2v) is 6.47. The van der Waals surface area contributed by atoms with Crippen molar-refractivity contribution in [2.24, 2.45) is 5.73 Å². The predicted molar refractivity (Wildman–Crippen MR) is 81.3 cm³/mol. The summed E-state index contributed by atoms with van der Waals surface area (Å²) in [5, 5.41) is 1.15. The number of hydrogen-bond acceptors (Lipinski definition) is 3. The first-order chi connectivity index (χ1) is 9.30. The number of benzene rings is 1. The summed E-state index contributed by atoms with van der Waals surface area (Å²) in [6, 6.07) is 8.18. The molecule has 1 saturated heterocycles. The minimum atomic E-state index is -0.420. The smallest absolute Gasteiger partial charge is 0.402 e. The molecule has 0 spiro atoms. The van der Waals surface area contributed by atoms with E-state index in [0.717, 1.165) is 16.5 Å². The predicted octanol–water partition coefficient (Wildman–Crippen LogP) is 2.80. The van der Waals surface area contributed by atoms with Gasteiger partial charge in [-0.2, -0.15) is 0 Å². The molecule has 3 N–H and O–H groups in total. The number of aromatic nitrogens is 1. The van der Waals surface area contributed by atoms with E-state index in [1.807, 2.05) is 52.1 Å². The molecular weight excluding hydrogens is 251 g/mol. The third kappa shape index (κ3) is 2.06. The highest BCUT2D eigenvalue weighted by Gasteiger charge is 2.53. The summed E-state index contributed by atoms with van der Waals surface area (Å²) in [6.07, 6.45) is 1.93. The molecule has 1 aromatic carbocycles. The van der Waals surface area contributed by atoms with E-state index in [2.05, 4.69) is 11.1 Å². The number of nitrogens with two attached hydrogens (primary N) is 1. The van der Waals surface area contributed by atoms with E-state index < -0.39 is 7.12 Å². The summed E-state index contributed by atoms with van der Waals surface area (Å²) in [6.45, 7) is 8.15. The Bertz CT molecular complexity index is 620. The molecule has 1 aromatic heterocycles. The van der Waals surface area contributed by atoms with Crippen LogP contribution in [0.4, 0.5) is 0 Å². The van der Waals surface area contributed by atoms with Crippen molar-refractivity contribution in [3.05, 3.63) is 36.0 Å². The van der Waals surface area contributed by atoms with Gasteiger partial charge in [-0.1, -0.05) is 6.07 Å². The fraction of sp³-hybridized carbons (Fsp3) is 0.467. The van der Waals surface area contributed by atoms with Gasteiger partial charge in [0.15, 0.2) is 0 Å². The largest absolute Gasteiger partial charge is 0.480 e. The Labute approximate surface area is 119 Å². The highest BCUT2D eigenvalue weighted by molar-refractivity contribution is 6.47. The van der Waals surface area contributed by atoms with Gasteiger partial charge < -0.3 is 20.0 Å². The summed E-state index contributed by atoms with van der Waals surface area (Å²) in [4.78, 5) is 3.18. The SMILES string of the molecule is CC1(C)OB([C@H](N)c2ccc3[nH]ccc3c2)OC1(C)C. The van der Waals surface area contributed by atoms with Gasteiger partial charge in [-0.05, 0) is 56.8 Å². The van der Waals surface area contributed by atoms with E-state index in [9.17, 15) is 0 Å². The highest BCUT2D eigenvalue weighted by atomic mass is 16.7. The van der Waals surface area contributed by atoms with Gasteiger partial charge in [-0.15, -0.1) is 0 Å². The fourth-order valence-corrected chi connectivity index (χ4v) is 2.47. The number of nitrogens with one attached hydrogen (secondary N) is 1. The Morgan fingerprint density at radius 1 is 1.10 bits per heavy atom. The van der Waals surface area contributed by atoms with Crippen LogP contribution in [-0.4, -0.2) is 23.3 Å². The monoisotopic (exact) mass is 272 g/mol. The topological polar surface area (TPSA) is 60.3 Å². The van der Waals surface area contributed by atoms with Crippen molar-refractivity contribution in [1.82, 2.24) is 4.98 Å². The van der Waals surface area contributed by atoms with Gasteiger partial charge in [0.25, 0.3) is 0 Å². The zero-order valence-corrected chi connectivity index (χ0v) is 12.4. The maximum Gasteiger partial charge on any atom is 0.480 e. The first kappa shape index (κ1) is 13.7. The lowest BCUT2D eigenvalue weighted by atomic mass is 9.75. The molecule has 1 aliphatic rings. The van der Waals surface area contributed by atoms with Crippen molar-refractivity contribution in [3.63, 3.8) is 0 Å². The van der Waals surface area contributed by atoms with E-state index in [0.29, 0.717) is 0 Å². The van der Waals surface area contributed by atoms with Crippen LogP contribution >= 0.6 is 0 Å². The van der Waals surface area contributed by atoms with E-state index >= 15 is 0 Å². The van der Waals surface area contributed by atoms with E-state index in [-0.39, 0.29) is 17.1 Å². The van der Waals surface area contributed by atoms with Gasteiger partial charge in [0.05, 0.1) is 17.1 Å². The summed E-state index contributed by atoms with van der Waals surface area (Å²) in [5.74, 6) is -0.296. The first-order valence-electron chi connectivity index (χ1n) is 6.98. The lowest BCUT2D eigenvalue weighted by Crippen LogP contribution is -2.41. The quantitative estimate of drug-likeness (QED) is 0.826. The van der Waals surface area contributed by atoms with Crippen LogP contribution in [0.25, 0.3) is 10.9 Å². The van der Waals surface area contributed by atoms with Crippen molar-refractivity contribution in [1.29, 1.82) is 0 Å². The van der Waals surface area contributed by atoms with Gasteiger partial charge in [0.2, 0.25) is 0 Å². The molecule has 1 fully saturated rings. The summed E-state index contributed by atoms with van der Waals surface area (Å²) >= 11 is 0. The summed E-state index contributed by atoms with van der Waals surface area (Å²) in [5.41, 5.74) is 7.76. The molecule has 0 radical (unpaired) electrons. The van der Waals surface area contributed by atoms with Gasteiger partial charge in [0.1, 0.15) is 0 Å². The summed E-state index contributed by atoms with van der Waals surface area (Å²) in [7, 11) is -0.420. The Hall–Kier alpha value is -1.30. The van der Waals surface area contributed by atoms with Crippen molar-refractivity contribution in [3.8, 4) is 0 Å². The van der Waals surface area contributed by atoms with Gasteiger partial charge in [-0.3, -0.25) is 0 Å². The molecule has 1 aliphatic heterocycles. The minimum Gasteiger partial charge on any atom is -0.402 e. The number of aromatic amines is 1. The van der Waals surface area contributed by atoms with Crippen LogP contribution in [0.15, 0.2) is 30.5 Å². The molecule has 0 bridgehead atoms. The average Bonchev–Trinajstić information content (AvgIpc) is 2.90. The molecule has 3 rings (SSSR count). The molecular formula is C15H21BN2O2. The molecule has 1 atom stereocenters. The van der Waals surface area contributed by atoms with Gasteiger partial charge in [-0.25, -0.2) is 0 Å². The third-order valence-electron chi connectivity index (χ3n) is 4.53. The standard InChI is InChI=1S/C15H21BN2O2/c1-14(2)15(3,4)20-16(19-14)13(17)11-5-6-12-10(9-11)7-8-18-12/h5-9,13,18H,17H2,1-4H3/t13-/m1/s1. The Morgan fingerprint density at radius 3 is 2.40 bits per heavy atom. The molecule has 0 unspecified atom stereocenters. The Balaban J connectivity index is 1.87. The zero-order valence-electron chi connectivity index (χ0n) is 12.4. The maximum atomic E-state index is 6.34. The van der Waals surface area contributed by atoms with Crippen molar-refractivity contribution in [2.75, 3.05) is 0 Å². The molecule has 2 aromatic rings. The van der Waals surface area contributed by atoms with Crippen molar-refractivity contribution < 1.29 is 9.31 Å². The molecule has 0 aliphatic carbocycles. The molecule has 106 valence electrons. The van der Waals surface area contributed by atoms with Crippen molar-refractivity contribution >= 4 is 18.0 Å². The molecule has 4 nitrogen and oxygen atoms in total. The lowest BCUT2D eigenvalue weighted by molar-refractivity contribution is 0.00578. The second-order valence-electron chi connectivity index (χ2n) is 6.47. The molecule has 0 saturated carbocycles. The summed E-state index contributed by atoms with van der Waals surface area (Å²) < 4.78 is 12.0. The normalized spacial score (nSPS) is 22.4. The van der Waals surface area contributed by atoms with E-state index in [4.69, 9.17) is 15.0 Å². The lowest BCUT2D eigenvalue weighted by Gasteiger charge is -2.32. The Morgan fingerprint density at radius 2 is 1.75 bits per heavy atom. The molecule has 0 amide bonds. The number of hydrogen-bond donors (Lipinski definition) is 2. The van der Waals surface area contributed by atoms with Gasteiger partial charge >= 0.3 is 7.12 Å². The number of H-pyrrole nitrogens is 1. The van der Waals surface area contributed by atoms with Crippen molar-refractivity contribution in [2.45, 2.75) is 44.8 Å². The molecule has 5 heteroatoms. The van der Waals surface area contributed by atoms with Crippen LogP contribution in [0.3, 0.4) is 0 Å². The van der Waals surface area contributed by atoms with Crippen LogP contribution in [0.5, 0.6) is 0 Å². The first-order valence-corrected chi connectivity index (χ1v) is 6.98. The van der Waals surface area contributed by atoms with Crippen LogP contribution in [0, 0.1) is 0 Å². The average molecular weight is 272 g/mol.